The van der Waals surface area contributed by atoms with Crippen molar-refractivity contribution in [2.75, 3.05) is 19.6 Å². The number of alkyl carbamates (subject to hydrolysis) is 1. The molecule has 15 rings (SSSR count). The average Bonchev–Trinajstić information content (AvgIpc) is 1.60. The van der Waals surface area contributed by atoms with Gasteiger partial charge in [0.05, 0.1) is 63.9 Å². The highest BCUT2D eigenvalue weighted by molar-refractivity contribution is 5.98. The van der Waals surface area contributed by atoms with Gasteiger partial charge < -0.3 is 43.2 Å². The van der Waals surface area contributed by atoms with E-state index >= 15 is 13.2 Å². The number of nitrogens with one attached hydrogen (secondary N) is 4. The van der Waals surface area contributed by atoms with Crippen LogP contribution < -0.4 is 38.5 Å². The van der Waals surface area contributed by atoms with Gasteiger partial charge in [-0.3, -0.25) is 24.0 Å². The van der Waals surface area contributed by atoms with Crippen molar-refractivity contribution in [3.05, 3.63) is 353 Å². The highest BCUT2D eigenvalue weighted by atomic mass is 35.5. The van der Waals surface area contributed by atoms with Gasteiger partial charge in [-0.25, -0.2) is 32.0 Å². The normalized spacial score (nSPS) is 13.6. The fourth-order valence-electron chi connectivity index (χ4n) is 14.7. The van der Waals surface area contributed by atoms with E-state index in [0.717, 1.165) is 93.2 Å². The number of ketones is 3. The lowest BCUT2D eigenvalue weighted by molar-refractivity contribution is 0.0522. The van der Waals surface area contributed by atoms with Crippen molar-refractivity contribution in [3.63, 3.8) is 0 Å². The zero-order valence-electron chi connectivity index (χ0n) is 70.6. The number of halogens is 4. The third kappa shape index (κ3) is 24.1. The van der Waals surface area contributed by atoms with Crippen LogP contribution in [0.3, 0.4) is 0 Å². The highest BCUT2D eigenvalue weighted by Gasteiger charge is 2.30. The fourth-order valence-corrected chi connectivity index (χ4v) is 14.7. The zero-order chi connectivity index (χ0) is 87.2. The molecule has 3 aliphatic carbocycles. The number of hydrogen-bond donors (Lipinski definition) is 7. The molecule has 124 heavy (non-hydrogen) atoms. The minimum atomic E-state index is -0.613. The van der Waals surface area contributed by atoms with Crippen LogP contribution in [0.25, 0.3) is 17.1 Å². The number of aryl methyl sites for hydroxylation is 4. The fraction of sp³-hybridized carbons (Fsp3) is 0.293. The van der Waals surface area contributed by atoms with Gasteiger partial charge in [-0.15, -0.1) is 12.4 Å². The van der Waals surface area contributed by atoms with Gasteiger partial charge in [0.1, 0.15) is 40.1 Å². The summed E-state index contributed by atoms with van der Waals surface area (Å²) in [7, 11) is 0. The van der Waals surface area contributed by atoms with Gasteiger partial charge >= 0.3 is 6.09 Å². The molecule has 10 N–H and O–H groups in total. The van der Waals surface area contributed by atoms with E-state index in [0.29, 0.717) is 86.3 Å². The first-order valence-electron chi connectivity index (χ1n) is 41.7. The van der Waals surface area contributed by atoms with Gasteiger partial charge in [0.15, 0.2) is 17.3 Å². The summed E-state index contributed by atoms with van der Waals surface area (Å²) in [6.07, 6.45) is 7.13. The predicted octanol–water partition coefficient (Wildman–Crippen LogP) is 17.0. The number of ether oxygens (including phenoxy) is 1. The molecule has 3 atom stereocenters. The molecular weight excluding hydrogens is 1590 g/mol. The number of Topliss-reactive ketones (excluding diaryl/α,β-unsaturated/α-hetero) is 3. The van der Waals surface area contributed by atoms with Crippen LogP contribution in [0.2, 0.25) is 0 Å². The molecule has 3 aliphatic rings. The van der Waals surface area contributed by atoms with Gasteiger partial charge in [0.2, 0.25) is 11.8 Å². The Balaban J connectivity index is 0.000000170. The minimum absolute atomic E-state index is 0. The summed E-state index contributed by atoms with van der Waals surface area (Å²) in [5, 5.41) is 36.4. The van der Waals surface area contributed by atoms with Crippen LogP contribution in [0.4, 0.5) is 18.0 Å². The van der Waals surface area contributed by atoms with Crippen molar-refractivity contribution in [2.24, 2.45) is 35.0 Å². The number of nitrogens with two attached hydrogens (primary N) is 3. The molecule has 25 heteroatoms. The Hall–Kier alpha value is -12.8. The Bertz CT molecular complexity index is 5880. The van der Waals surface area contributed by atoms with Crippen molar-refractivity contribution < 1.29 is 46.7 Å². The van der Waals surface area contributed by atoms with Crippen molar-refractivity contribution in [1.29, 1.82) is 5.26 Å². The minimum Gasteiger partial charge on any atom is -0.444 e. The van der Waals surface area contributed by atoms with E-state index in [1.165, 1.54) is 56.7 Å². The molecular formula is C99H104ClF3N14O7. The molecule has 640 valence electrons. The monoisotopic (exact) mass is 1690 g/mol. The number of benzene rings is 9. The topological polar surface area (TPSA) is 315 Å². The maximum absolute atomic E-state index is 15.2. The molecule has 9 aromatic carbocycles. The van der Waals surface area contributed by atoms with Crippen molar-refractivity contribution in [2.45, 2.75) is 149 Å². The Labute approximate surface area is 726 Å². The Morgan fingerprint density at radius 3 is 1.10 bits per heavy atom. The number of nitriles is 1. The summed E-state index contributed by atoms with van der Waals surface area (Å²) >= 11 is 0. The molecule has 0 saturated heterocycles. The largest absolute Gasteiger partial charge is 0.444 e. The Morgan fingerprint density at radius 2 is 0.782 bits per heavy atom. The maximum atomic E-state index is 15.2. The lowest BCUT2D eigenvalue weighted by Gasteiger charge is -2.21. The summed E-state index contributed by atoms with van der Waals surface area (Å²) < 4.78 is 55.4. The lowest BCUT2D eigenvalue weighted by Crippen LogP contribution is -2.32. The molecule has 0 bridgehead atoms. The SMILES string of the molecule is CCc1cccc(-n2nc(C)cc2C(=O)Cc2cc(C(NCC3CC3)c3ccc(C#N)cc3)ccc2F)c1.Cc1cc(C(=O)Cc2cc(C(NCC3CC3)c3ccc(C(N)=O)cc3)ccc2F)n(-c2cccc(CN)c2)n1.Cc1cc(C(=O)Cc2cc(C(NCC3CC3)c3ccc(C(N)=O)cc3)ccc2F)n(-c2cccc(CNC(=O)OC(C)(C)C)c2)n1.Cl. The molecule has 3 saturated carbocycles. The van der Waals surface area contributed by atoms with Crippen LogP contribution in [0.5, 0.6) is 0 Å². The summed E-state index contributed by atoms with van der Waals surface area (Å²) in [5.41, 5.74) is 32.0. The molecule has 21 nitrogen and oxygen atoms in total. The first-order valence-corrected chi connectivity index (χ1v) is 41.7. The van der Waals surface area contributed by atoms with E-state index in [9.17, 15) is 34.0 Å². The summed E-state index contributed by atoms with van der Waals surface area (Å²) in [5.74, 6) is -1.14. The number of nitrogens with zero attached hydrogens (tertiary/aromatic N) is 7. The van der Waals surface area contributed by atoms with E-state index in [2.05, 4.69) is 49.6 Å². The van der Waals surface area contributed by atoms with Crippen LogP contribution in [-0.2, 0) is 43.5 Å². The van der Waals surface area contributed by atoms with E-state index in [1.807, 2.05) is 123 Å². The van der Waals surface area contributed by atoms with E-state index < -0.39 is 41.0 Å². The van der Waals surface area contributed by atoms with Crippen LogP contribution in [0.1, 0.15) is 226 Å². The first kappa shape index (κ1) is 90.5. The molecule has 3 fully saturated rings. The standard InChI is InChI=1S/C36H40FN5O4.C32H31FN4O.C31H32FN5O2.ClH/c1-22-16-31(42(41-22)29-7-5-6-24(17-29)21-40-35(45)46-36(2,3)4)32(43)19-28-18-27(14-15-30(28)37)33(39-20-23-8-9-23)25-10-12-26(13-11-25)34(38)44;1-3-22-5-4-6-28(16-22)37-30(15-21(2)36-37)31(38)18-27-17-26(13-14-29(27)33)32(35-20-24-7-8-24)25-11-9-23(19-34)10-12-25;1-19-13-28(37(36-19)26-4-2-3-21(14-26)17-33)29(38)16-25-15-24(11-12-27(25)32)30(35-18-20-5-6-20)22-7-9-23(10-8-22)31(34)39;/h5-7,10-18,23,33,39H,8-9,19-21H2,1-4H3,(H2,38,44)(H,40,45);4-6,9-17,24,32,35H,3,7-8,18,20H2,1-2H3;2-4,7-15,20,30,35H,5-6,16-18,33H2,1H3,(H2,34,39);1H. The second-order valence-corrected chi connectivity index (χ2v) is 33.1. The van der Waals surface area contributed by atoms with Crippen molar-refractivity contribution in [3.8, 4) is 23.1 Å². The summed E-state index contributed by atoms with van der Waals surface area (Å²) in [4.78, 5) is 76.0. The lowest BCUT2D eigenvalue weighted by atomic mass is 9.94. The second-order valence-electron chi connectivity index (χ2n) is 33.1. The van der Waals surface area contributed by atoms with E-state index in [1.54, 1.807) is 133 Å². The van der Waals surface area contributed by atoms with Gasteiger partial charge in [0, 0.05) is 43.5 Å². The molecule has 0 radical (unpaired) electrons. The third-order valence-corrected chi connectivity index (χ3v) is 21.9. The van der Waals surface area contributed by atoms with E-state index in [-0.39, 0.29) is 79.3 Å². The van der Waals surface area contributed by atoms with Gasteiger partial charge in [-0.2, -0.15) is 20.6 Å². The van der Waals surface area contributed by atoms with E-state index in [4.69, 9.17) is 21.9 Å². The zero-order valence-corrected chi connectivity index (χ0v) is 71.4. The summed E-state index contributed by atoms with van der Waals surface area (Å²) in [6.45, 7) is 16.0. The molecule has 3 aromatic heterocycles. The number of carbonyl (C=O) groups excluding carboxylic acids is 6. The van der Waals surface area contributed by atoms with Crippen LogP contribution >= 0.6 is 12.4 Å². The second kappa shape index (κ2) is 40.9. The number of carbonyl (C=O) groups is 6. The molecule has 3 amide bonds. The third-order valence-electron chi connectivity index (χ3n) is 21.9. The number of primary amides is 2. The van der Waals surface area contributed by atoms with Crippen LogP contribution in [0.15, 0.2) is 218 Å². The van der Waals surface area contributed by atoms with Crippen molar-refractivity contribution >= 4 is 47.7 Å². The molecule has 12 aromatic rings. The maximum Gasteiger partial charge on any atom is 0.407 e. The van der Waals surface area contributed by atoms with Crippen molar-refractivity contribution in [1.82, 2.24) is 50.6 Å². The smallest absolute Gasteiger partial charge is 0.407 e. The first-order chi connectivity index (χ1) is 59.1. The summed E-state index contributed by atoms with van der Waals surface area (Å²) in [6, 6.07) is 65.9. The Kier molecular flexibility index (Phi) is 29.9. The number of aromatic nitrogens is 6. The quantitative estimate of drug-likeness (QED) is 0.0188. The number of amides is 3. The van der Waals surface area contributed by atoms with Gasteiger partial charge in [0.25, 0.3) is 0 Å². The number of rotatable bonds is 33. The predicted molar refractivity (Wildman–Crippen MR) is 475 cm³/mol. The highest BCUT2D eigenvalue weighted by Crippen LogP contribution is 2.36. The molecule has 3 heterocycles. The molecule has 0 aliphatic heterocycles. The molecule has 3 unspecified atom stereocenters. The number of hydrogen-bond acceptors (Lipinski definition) is 15. The van der Waals surface area contributed by atoms with Gasteiger partial charge in [-0.1, -0.05) is 116 Å². The molecule has 0 spiro atoms. The Morgan fingerprint density at radius 1 is 0.460 bits per heavy atom. The van der Waals surface area contributed by atoms with Gasteiger partial charge in [-0.05, 0) is 300 Å². The van der Waals surface area contributed by atoms with Crippen LogP contribution in [-0.4, -0.2) is 89.8 Å². The average molecular weight is 1690 g/mol. The van der Waals surface area contributed by atoms with Crippen LogP contribution in [0, 0.1) is 67.3 Å².